The summed E-state index contributed by atoms with van der Waals surface area (Å²) in [6.45, 7) is 13.2. The monoisotopic (exact) mass is 860 g/mol. The fourth-order valence-electron chi connectivity index (χ4n) is 5.90. The first-order valence-electron chi connectivity index (χ1n) is 19.1. The third-order valence-corrected chi connectivity index (χ3v) is 10.2. The third kappa shape index (κ3) is 11.6. The van der Waals surface area contributed by atoms with Gasteiger partial charge in [0.2, 0.25) is 12.2 Å². The van der Waals surface area contributed by atoms with E-state index in [1.807, 2.05) is 0 Å². The van der Waals surface area contributed by atoms with Crippen LogP contribution in [-0.2, 0) is 33.6 Å². The first kappa shape index (κ1) is 45.5. The van der Waals surface area contributed by atoms with Crippen LogP contribution in [0.2, 0.25) is 0 Å². The second kappa shape index (κ2) is 18.0. The van der Waals surface area contributed by atoms with Crippen molar-refractivity contribution in [2.24, 2.45) is 5.41 Å². The number of hydrogen-bond acceptors (Lipinski definition) is 12. The molecule has 3 aromatic carbocycles. The highest BCUT2D eigenvalue weighted by molar-refractivity contribution is 7.90. The summed E-state index contributed by atoms with van der Waals surface area (Å²) < 4.78 is 61.6. The molecule has 0 aliphatic rings. The number of amides is 3. The zero-order chi connectivity index (χ0) is 45.0. The lowest BCUT2D eigenvalue weighted by Crippen LogP contribution is -2.52. The van der Waals surface area contributed by atoms with Crippen molar-refractivity contribution in [3.05, 3.63) is 96.4 Å². The summed E-state index contributed by atoms with van der Waals surface area (Å²) in [5.74, 6) is -2.34. The minimum absolute atomic E-state index is 0.0000916. The average Bonchev–Trinajstić information content (AvgIpc) is 3.58. The number of nitrogens with one attached hydrogen (secondary N) is 2. The highest BCUT2D eigenvalue weighted by Gasteiger charge is 2.37. The number of halogens is 1. The molecule has 0 aliphatic heterocycles. The van der Waals surface area contributed by atoms with E-state index >= 15 is 0 Å². The number of nitrogens with zero attached hydrogens (tertiary/aromatic N) is 4. The average molecular weight is 861 g/mol. The number of ether oxygens (including phenoxy) is 4. The highest BCUT2D eigenvalue weighted by atomic mass is 32.2. The van der Waals surface area contributed by atoms with Crippen molar-refractivity contribution in [3.8, 4) is 16.9 Å². The molecule has 3 atom stereocenters. The van der Waals surface area contributed by atoms with Gasteiger partial charge >= 0.3 is 18.2 Å². The van der Waals surface area contributed by atoms with Crippen LogP contribution in [0.5, 0.6) is 5.75 Å². The standard InChI is InChI=1S/C43H49FN6O10S/c1-25(27-11-16-30(44)17-12-27)37(51)45-31-18-13-28(14-19-31)29-15-22-35-46-39(48-49(35)24-29)50(33-21-20-32(61(10,55)56)23-34(33)57-9)41(54)59-26(2)58-38(52)36(42(3,4)5)47-40(53)60-43(6,7)8/h11-26,36H,1-10H3,(H,45,51)(H,47,53)/t25?,26?,36-/m1/s1. The number of anilines is 3. The first-order valence-corrected chi connectivity index (χ1v) is 20.9. The SMILES string of the molecule is COc1cc(S(C)(=O)=O)ccc1N(C(=O)OC(C)OC(=O)[C@@H](NC(=O)OC(C)(C)C)C(C)(C)C)c1nc2ccc(-c3ccc(NC(=O)C(C)c4ccc(F)cc4)cc3)cn2n1. The van der Waals surface area contributed by atoms with Gasteiger partial charge in [-0.1, -0.05) is 45.0 Å². The summed E-state index contributed by atoms with van der Waals surface area (Å²) in [5, 5.41) is 9.96. The van der Waals surface area contributed by atoms with E-state index in [2.05, 4.69) is 20.7 Å². The molecular weight excluding hydrogens is 812 g/mol. The summed E-state index contributed by atoms with van der Waals surface area (Å²) >= 11 is 0. The second-order valence-electron chi connectivity index (χ2n) is 16.2. The van der Waals surface area contributed by atoms with E-state index < -0.39 is 57.3 Å². The molecule has 2 N–H and O–H groups in total. The maximum Gasteiger partial charge on any atom is 0.424 e. The van der Waals surface area contributed by atoms with Gasteiger partial charge in [-0.2, -0.15) is 4.98 Å². The molecule has 324 valence electrons. The molecule has 0 saturated heterocycles. The van der Waals surface area contributed by atoms with Crippen molar-refractivity contribution in [2.45, 2.75) is 84.1 Å². The molecular formula is C43H49FN6O10S. The topological polar surface area (TPSA) is 197 Å². The van der Waals surface area contributed by atoms with Gasteiger partial charge in [0.25, 0.3) is 5.95 Å². The predicted molar refractivity (Wildman–Crippen MR) is 225 cm³/mol. The Kier molecular flexibility index (Phi) is 13.4. The van der Waals surface area contributed by atoms with Gasteiger partial charge in [-0.15, -0.1) is 5.10 Å². The summed E-state index contributed by atoms with van der Waals surface area (Å²) in [5.41, 5.74) is 1.29. The van der Waals surface area contributed by atoms with Gasteiger partial charge in [0.05, 0.1) is 23.6 Å². The maximum absolute atomic E-state index is 14.1. The molecule has 3 amide bonds. The number of sulfone groups is 1. The Bertz CT molecular complexity index is 2530. The zero-order valence-corrected chi connectivity index (χ0v) is 36.3. The van der Waals surface area contributed by atoms with Crippen LogP contribution in [0.25, 0.3) is 16.8 Å². The molecule has 5 rings (SSSR count). The molecule has 16 nitrogen and oxygen atoms in total. The zero-order valence-electron chi connectivity index (χ0n) is 35.5. The van der Waals surface area contributed by atoms with Crippen LogP contribution in [-0.4, -0.2) is 78.4 Å². The van der Waals surface area contributed by atoms with E-state index in [0.29, 0.717) is 22.5 Å². The van der Waals surface area contributed by atoms with E-state index in [0.717, 1.165) is 16.7 Å². The molecule has 2 heterocycles. The van der Waals surface area contributed by atoms with Crippen molar-refractivity contribution >= 4 is 56.9 Å². The van der Waals surface area contributed by atoms with Gasteiger partial charge in [-0.05, 0) is 92.8 Å². The summed E-state index contributed by atoms with van der Waals surface area (Å²) in [4.78, 5) is 58.4. The lowest BCUT2D eigenvalue weighted by atomic mass is 9.87. The minimum Gasteiger partial charge on any atom is -0.495 e. The van der Waals surface area contributed by atoms with Crippen LogP contribution < -0.4 is 20.3 Å². The Hall–Kier alpha value is -6.56. The Morgan fingerprint density at radius 3 is 2.08 bits per heavy atom. The molecule has 0 saturated carbocycles. The Morgan fingerprint density at radius 1 is 0.852 bits per heavy atom. The Balaban J connectivity index is 1.41. The minimum atomic E-state index is -3.69. The molecule has 0 bridgehead atoms. The maximum atomic E-state index is 14.1. The van der Waals surface area contributed by atoms with Gasteiger partial charge in [0.15, 0.2) is 15.5 Å². The highest BCUT2D eigenvalue weighted by Crippen LogP contribution is 2.36. The molecule has 61 heavy (non-hydrogen) atoms. The molecule has 5 aromatic rings. The molecule has 0 spiro atoms. The number of rotatable bonds is 12. The number of carbonyl (C=O) groups is 4. The summed E-state index contributed by atoms with van der Waals surface area (Å²) in [6, 6.07) is 18.9. The Labute approximate surface area is 353 Å². The molecule has 0 fully saturated rings. The fraction of sp³-hybridized carbons (Fsp3) is 0.349. The van der Waals surface area contributed by atoms with E-state index in [1.54, 1.807) is 103 Å². The molecule has 0 aliphatic carbocycles. The van der Waals surface area contributed by atoms with Crippen LogP contribution in [0.15, 0.2) is 90.0 Å². The van der Waals surface area contributed by atoms with Gasteiger partial charge in [-0.25, -0.2) is 36.6 Å². The lowest BCUT2D eigenvalue weighted by Gasteiger charge is -2.31. The number of hydrogen-bond donors (Lipinski definition) is 2. The Morgan fingerprint density at radius 2 is 1.49 bits per heavy atom. The van der Waals surface area contributed by atoms with Crippen molar-refractivity contribution in [3.63, 3.8) is 0 Å². The van der Waals surface area contributed by atoms with Gasteiger partial charge in [0, 0.05) is 36.7 Å². The molecule has 18 heteroatoms. The number of pyridine rings is 1. The van der Waals surface area contributed by atoms with Crippen LogP contribution in [0.1, 0.15) is 66.9 Å². The van der Waals surface area contributed by atoms with E-state index in [-0.39, 0.29) is 34.0 Å². The van der Waals surface area contributed by atoms with Crippen LogP contribution in [0.3, 0.4) is 0 Å². The quantitative estimate of drug-likeness (QED) is 0.0914. The van der Waals surface area contributed by atoms with E-state index in [9.17, 15) is 32.0 Å². The number of aromatic nitrogens is 3. The van der Waals surface area contributed by atoms with Crippen LogP contribution in [0.4, 0.5) is 31.3 Å². The number of carbonyl (C=O) groups excluding carboxylic acids is 4. The van der Waals surface area contributed by atoms with Crippen molar-refractivity contribution in [2.75, 3.05) is 23.6 Å². The first-order chi connectivity index (χ1) is 28.4. The van der Waals surface area contributed by atoms with Gasteiger partial charge in [0.1, 0.15) is 23.2 Å². The van der Waals surface area contributed by atoms with Gasteiger partial charge in [-0.3, -0.25) is 4.79 Å². The molecule has 2 aromatic heterocycles. The van der Waals surface area contributed by atoms with Gasteiger partial charge < -0.3 is 29.6 Å². The molecule has 0 radical (unpaired) electrons. The number of benzene rings is 3. The smallest absolute Gasteiger partial charge is 0.424 e. The summed E-state index contributed by atoms with van der Waals surface area (Å²) in [7, 11) is -2.40. The summed E-state index contributed by atoms with van der Waals surface area (Å²) in [6.07, 6.45) is -0.801. The van der Waals surface area contributed by atoms with E-state index in [1.165, 1.54) is 48.9 Å². The van der Waals surface area contributed by atoms with Crippen LogP contribution >= 0.6 is 0 Å². The molecule has 2 unspecified atom stereocenters. The number of methoxy groups -OCH3 is 1. The van der Waals surface area contributed by atoms with Crippen LogP contribution in [0, 0.1) is 11.2 Å². The largest absolute Gasteiger partial charge is 0.495 e. The van der Waals surface area contributed by atoms with E-state index in [4.69, 9.17) is 18.9 Å². The normalized spacial score (nSPS) is 13.4. The number of alkyl carbamates (subject to hydrolysis) is 1. The number of esters is 1. The van der Waals surface area contributed by atoms with Crippen molar-refractivity contribution in [1.29, 1.82) is 0 Å². The van der Waals surface area contributed by atoms with Crippen molar-refractivity contribution in [1.82, 2.24) is 19.9 Å². The second-order valence-corrected chi connectivity index (χ2v) is 18.3. The number of fused-ring (bicyclic) bond motifs is 1. The fourth-order valence-corrected chi connectivity index (χ4v) is 6.54. The van der Waals surface area contributed by atoms with Crippen molar-refractivity contribution < 1.29 is 50.9 Å². The lowest BCUT2D eigenvalue weighted by molar-refractivity contribution is -0.169. The predicted octanol–water partition coefficient (Wildman–Crippen LogP) is 7.79. The third-order valence-electron chi connectivity index (χ3n) is 9.08.